The number of benzene rings is 2. The molecule has 0 unspecified atom stereocenters. The largest absolute Gasteiger partial charge is 0.491 e. The molecule has 3 aliphatic rings. The van der Waals surface area contributed by atoms with Crippen LogP contribution in [0.25, 0.3) is 11.3 Å². The first-order valence-electron chi connectivity index (χ1n) is 14.1. The number of hydrogen-bond donors (Lipinski definition) is 1. The zero-order valence-electron chi connectivity index (χ0n) is 22.7. The molecule has 6 rings (SSSR count). The summed E-state index contributed by atoms with van der Waals surface area (Å²) in [5, 5.41) is 3.37. The molecular formula is C30H38N6O3. The first-order valence-corrected chi connectivity index (χ1v) is 14.1. The minimum Gasteiger partial charge on any atom is -0.491 e. The maximum atomic E-state index is 6.30. The Hall–Kier alpha value is -3.40. The molecule has 3 aliphatic heterocycles. The molecule has 0 spiro atoms. The average molecular weight is 531 g/mol. The molecule has 0 amide bonds. The number of nitrogens with zero attached hydrogens (tertiary/aromatic N) is 5. The van der Waals surface area contributed by atoms with Crippen LogP contribution in [0.2, 0.25) is 0 Å². The van der Waals surface area contributed by atoms with E-state index in [1.165, 1.54) is 25.9 Å². The zero-order chi connectivity index (χ0) is 26.4. The van der Waals surface area contributed by atoms with E-state index in [1.54, 1.807) is 6.20 Å². The first-order chi connectivity index (χ1) is 19.2. The number of piperazine rings is 1. The molecule has 3 aromatic rings. The van der Waals surface area contributed by atoms with Gasteiger partial charge in [-0.25, -0.2) is 9.97 Å². The number of fused-ring (bicyclic) bond motifs is 7. The molecule has 206 valence electrons. The van der Waals surface area contributed by atoms with Crippen molar-refractivity contribution in [3.8, 4) is 22.8 Å². The summed E-state index contributed by atoms with van der Waals surface area (Å²) in [7, 11) is 2.23. The van der Waals surface area contributed by atoms with Gasteiger partial charge in [0.05, 0.1) is 24.6 Å². The van der Waals surface area contributed by atoms with Crippen molar-refractivity contribution in [2.75, 3.05) is 83.0 Å². The van der Waals surface area contributed by atoms with Crippen LogP contribution >= 0.6 is 0 Å². The number of piperidine rings is 1. The minimum absolute atomic E-state index is 0.466. The molecule has 0 aliphatic carbocycles. The molecule has 0 saturated carbocycles. The Morgan fingerprint density at radius 3 is 2.51 bits per heavy atom. The minimum atomic E-state index is 0.466. The van der Waals surface area contributed by atoms with Gasteiger partial charge in [0.2, 0.25) is 5.95 Å². The van der Waals surface area contributed by atoms with Gasteiger partial charge < -0.3 is 29.3 Å². The zero-order valence-corrected chi connectivity index (χ0v) is 22.7. The van der Waals surface area contributed by atoms with Gasteiger partial charge in [0.15, 0.2) is 0 Å². The Morgan fingerprint density at radius 2 is 1.67 bits per heavy atom. The highest BCUT2D eigenvalue weighted by atomic mass is 16.5. The lowest BCUT2D eigenvalue weighted by molar-refractivity contribution is 0.0764. The van der Waals surface area contributed by atoms with Crippen molar-refractivity contribution in [3.63, 3.8) is 0 Å². The second-order valence-corrected chi connectivity index (χ2v) is 10.5. The molecule has 9 nitrogen and oxygen atoms in total. The molecule has 9 heteroatoms. The van der Waals surface area contributed by atoms with E-state index >= 15 is 0 Å². The van der Waals surface area contributed by atoms with Crippen LogP contribution in [-0.2, 0) is 4.74 Å². The topological polar surface area (TPSA) is 75.2 Å². The highest BCUT2D eigenvalue weighted by Crippen LogP contribution is 2.34. The van der Waals surface area contributed by atoms with E-state index in [-0.39, 0.29) is 0 Å². The summed E-state index contributed by atoms with van der Waals surface area (Å²) in [5.41, 5.74) is 3.81. The summed E-state index contributed by atoms with van der Waals surface area (Å²) in [4.78, 5) is 16.8. The Morgan fingerprint density at radius 1 is 0.846 bits per heavy atom. The summed E-state index contributed by atoms with van der Waals surface area (Å²) in [6.07, 6.45) is 4.31. The van der Waals surface area contributed by atoms with Gasteiger partial charge in [-0.3, -0.25) is 4.90 Å². The maximum absolute atomic E-state index is 6.30. The molecule has 39 heavy (non-hydrogen) atoms. The molecule has 0 radical (unpaired) electrons. The predicted octanol–water partition coefficient (Wildman–Crippen LogP) is 3.89. The molecule has 4 heterocycles. The lowest BCUT2D eigenvalue weighted by atomic mass is 10.0. The summed E-state index contributed by atoms with van der Waals surface area (Å²) < 4.78 is 18.0. The number of rotatable bonds is 2. The summed E-state index contributed by atoms with van der Waals surface area (Å²) in [5.74, 6) is 2.17. The Labute approximate surface area is 230 Å². The number of nitrogens with one attached hydrogen (secondary N) is 1. The Balaban J connectivity index is 1.20. The molecular weight excluding hydrogens is 492 g/mol. The standard InChI is InChI=1S/C30H38N6O3/c1-34-11-8-25(9-12-34)35-13-15-36(16-14-35)28-6-5-24-22-29(28)39-20-18-37-17-19-38-26-4-2-3-23(21-26)27-7-10-31-30(32-24)33-27/h2-7,10,21-22,25H,8-9,11-20H2,1H3,(H,31,32,33). The van der Waals surface area contributed by atoms with Gasteiger partial charge in [-0.2, -0.15) is 0 Å². The van der Waals surface area contributed by atoms with Gasteiger partial charge in [-0.05, 0) is 63.3 Å². The van der Waals surface area contributed by atoms with E-state index in [0.717, 1.165) is 60.3 Å². The van der Waals surface area contributed by atoms with Crippen molar-refractivity contribution in [3.05, 3.63) is 54.7 Å². The highest BCUT2D eigenvalue weighted by Gasteiger charge is 2.27. The van der Waals surface area contributed by atoms with Crippen molar-refractivity contribution < 1.29 is 14.2 Å². The second-order valence-electron chi connectivity index (χ2n) is 10.5. The van der Waals surface area contributed by atoms with Crippen LogP contribution in [0.4, 0.5) is 17.3 Å². The van der Waals surface area contributed by atoms with Gasteiger partial charge in [-0.1, -0.05) is 12.1 Å². The van der Waals surface area contributed by atoms with Crippen LogP contribution in [0.5, 0.6) is 11.5 Å². The fraction of sp³-hybridized carbons (Fsp3) is 0.467. The van der Waals surface area contributed by atoms with E-state index in [9.17, 15) is 0 Å². The number of aromatic nitrogens is 2. The van der Waals surface area contributed by atoms with Crippen molar-refractivity contribution in [1.82, 2.24) is 19.8 Å². The summed E-state index contributed by atoms with van der Waals surface area (Å²) >= 11 is 0. The lowest BCUT2D eigenvalue weighted by Crippen LogP contribution is -2.53. The van der Waals surface area contributed by atoms with E-state index < -0.39 is 0 Å². The van der Waals surface area contributed by atoms with Crippen molar-refractivity contribution in [2.45, 2.75) is 18.9 Å². The molecule has 1 aromatic heterocycles. The molecule has 0 atom stereocenters. The number of hydrogen-bond acceptors (Lipinski definition) is 9. The SMILES string of the molecule is CN1CCC(N2CCN(c3ccc4cc3OCCOCCOc3cccc(c3)-c3ccnc(n3)N4)CC2)CC1. The summed E-state index contributed by atoms with van der Waals surface area (Å²) in [6.45, 7) is 8.48. The maximum Gasteiger partial charge on any atom is 0.227 e. The van der Waals surface area contributed by atoms with Crippen LogP contribution in [-0.4, -0.2) is 98.6 Å². The first kappa shape index (κ1) is 25.9. The van der Waals surface area contributed by atoms with E-state index in [4.69, 9.17) is 19.2 Å². The van der Waals surface area contributed by atoms with Crippen LogP contribution in [0.15, 0.2) is 54.7 Å². The van der Waals surface area contributed by atoms with Crippen molar-refractivity contribution >= 4 is 17.3 Å². The smallest absolute Gasteiger partial charge is 0.227 e. The molecule has 2 fully saturated rings. The van der Waals surface area contributed by atoms with E-state index in [0.29, 0.717) is 38.4 Å². The quantitative estimate of drug-likeness (QED) is 0.531. The number of ether oxygens (including phenoxy) is 3. The van der Waals surface area contributed by atoms with E-state index in [2.05, 4.69) is 50.2 Å². The third-order valence-electron chi connectivity index (χ3n) is 7.84. The monoisotopic (exact) mass is 530 g/mol. The van der Waals surface area contributed by atoms with Crippen LogP contribution < -0.4 is 19.7 Å². The normalized spacial score (nSPS) is 19.9. The van der Waals surface area contributed by atoms with Crippen LogP contribution in [0.1, 0.15) is 12.8 Å². The van der Waals surface area contributed by atoms with Gasteiger partial charge in [-0.15, -0.1) is 0 Å². The van der Waals surface area contributed by atoms with Crippen molar-refractivity contribution in [2.24, 2.45) is 0 Å². The van der Waals surface area contributed by atoms with Gasteiger partial charge in [0, 0.05) is 55.7 Å². The number of anilines is 3. The van der Waals surface area contributed by atoms with Crippen LogP contribution in [0, 0.1) is 0 Å². The molecule has 2 saturated heterocycles. The third-order valence-corrected chi connectivity index (χ3v) is 7.84. The van der Waals surface area contributed by atoms with Gasteiger partial charge in [0.25, 0.3) is 0 Å². The summed E-state index contributed by atoms with van der Waals surface area (Å²) in [6, 6.07) is 16.8. The van der Waals surface area contributed by atoms with Gasteiger partial charge in [0.1, 0.15) is 24.7 Å². The second kappa shape index (κ2) is 12.2. The molecule has 2 aromatic carbocycles. The lowest BCUT2D eigenvalue weighted by Gasteiger charge is -2.43. The Kier molecular flexibility index (Phi) is 8.08. The molecule has 6 bridgehead atoms. The highest BCUT2D eigenvalue weighted by molar-refractivity contribution is 5.69. The Bertz CT molecular complexity index is 1240. The van der Waals surface area contributed by atoms with Crippen molar-refractivity contribution in [1.29, 1.82) is 0 Å². The fourth-order valence-corrected chi connectivity index (χ4v) is 5.64. The third kappa shape index (κ3) is 6.43. The number of likely N-dealkylation sites (tertiary alicyclic amines) is 1. The van der Waals surface area contributed by atoms with Crippen LogP contribution in [0.3, 0.4) is 0 Å². The molecule has 1 N–H and O–H groups in total. The average Bonchev–Trinajstić information content (AvgIpc) is 2.97. The predicted molar refractivity (Wildman–Crippen MR) is 153 cm³/mol. The fourth-order valence-electron chi connectivity index (χ4n) is 5.64. The van der Waals surface area contributed by atoms with E-state index in [1.807, 2.05) is 30.3 Å². The van der Waals surface area contributed by atoms with Gasteiger partial charge >= 0.3 is 0 Å².